The highest BCUT2D eigenvalue weighted by Gasteiger charge is 2.35. The van der Waals surface area contributed by atoms with Gasteiger partial charge in [-0.15, -0.1) is 0 Å². The Kier molecular flexibility index (Phi) is 5.39. The van der Waals surface area contributed by atoms with Crippen LogP contribution in [0.25, 0.3) is 0 Å². The third-order valence-corrected chi connectivity index (χ3v) is 4.91. The Morgan fingerprint density at radius 2 is 2.00 bits per heavy atom. The molecule has 7 heteroatoms. The molecule has 0 bridgehead atoms. The quantitative estimate of drug-likeness (QED) is 0.807. The van der Waals surface area contributed by atoms with Crippen molar-refractivity contribution >= 4 is 45.0 Å². The zero-order valence-electron chi connectivity index (χ0n) is 13.1. The van der Waals surface area contributed by atoms with Gasteiger partial charge < -0.3 is 10.2 Å². The van der Waals surface area contributed by atoms with Crippen LogP contribution < -0.4 is 10.2 Å². The van der Waals surface area contributed by atoms with Crippen molar-refractivity contribution in [1.29, 1.82) is 0 Å². The highest BCUT2D eigenvalue weighted by molar-refractivity contribution is 9.10. The lowest BCUT2D eigenvalue weighted by molar-refractivity contribution is -0.126. The van der Waals surface area contributed by atoms with Crippen molar-refractivity contribution in [3.63, 3.8) is 0 Å². The van der Waals surface area contributed by atoms with Crippen LogP contribution >= 0.6 is 27.5 Å². The molecule has 25 heavy (non-hydrogen) atoms. The van der Waals surface area contributed by atoms with E-state index in [2.05, 4.69) is 21.2 Å². The van der Waals surface area contributed by atoms with Crippen LogP contribution in [0.3, 0.4) is 0 Å². The highest BCUT2D eigenvalue weighted by Crippen LogP contribution is 2.28. The Bertz CT molecular complexity index is 813. The van der Waals surface area contributed by atoms with Gasteiger partial charge in [0.2, 0.25) is 11.8 Å². The topological polar surface area (TPSA) is 49.4 Å². The van der Waals surface area contributed by atoms with Gasteiger partial charge in [0.05, 0.1) is 10.9 Å². The minimum absolute atomic E-state index is 0.0477. The summed E-state index contributed by atoms with van der Waals surface area (Å²) in [5.74, 6) is -1.33. The summed E-state index contributed by atoms with van der Waals surface area (Å²) in [6.07, 6.45) is 0.126. The molecule has 1 aliphatic heterocycles. The molecule has 0 saturated carbocycles. The molecule has 0 spiro atoms. The lowest BCUT2D eigenvalue weighted by Crippen LogP contribution is -2.32. The van der Waals surface area contributed by atoms with Crippen LogP contribution in [0.1, 0.15) is 12.0 Å². The molecule has 0 aromatic heterocycles. The first-order valence-electron chi connectivity index (χ1n) is 7.71. The van der Waals surface area contributed by atoms with Crippen LogP contribution in [-0.4, -0.2) is 18.4 Å². The van der Waals surface area contributed by atoms with E-state index in [-0.39, 0.29) is 29.8 Å². The van der Waals surface area contributed by atoms with E-state index in [1.165, 1.54) is 23.1 Å². The monoisotopic (exact) mass is 424 g/mol. The number of halogens is 3. The number of carbonyl (C=O) groups excluding carboxylic acids is 2. The van der Waals surface area contributed by atoms with Gasteiger partial charge in [0.1, 0.15) is 5.82 Å². The smallest absolute Gasteiger partial charge is 0.227 e. The van der Waals surface area contributed by atoms with Crippen molar-refractivity contribution in [3.05, 3.63) is 63.3 Å². The molecule has 0 radical (unpaired) electrons. The fraction of sp³-hybridized carbons (Fsp3) is 0.222. The van der Waals surface area contributed by atoms with Gasteiger partial charge in [-0.1, -0.05) is 39.7 Å². The minimum Gasteiger partial charge on any atom is -0.352 e. The number of hydrogen-bond acceptors (Lipinski definition) is 2. The summed E-state index contributed by atoms with van der Waals surface area (Å²) >= 11 is 9.13. The Balaban J connectivity index is 1.62. The summed E-state index contributed by atoms with van der Waals surface area (Å²) in [5, 5.41) is 2.81. The van der Waals surface area contributed by atoms with Crippen molar-refractivity contribution in [2.45, 2.75) is 13.0 Å². The summed E-state index contributed by atoms with van der Waals surface area (Å²) < 4.78 is 14.2. The molecule has 0 aliphatic carbocycles. The van der Waals surface area contributed by atoms with Crippen LogP contribution in [0.15, 0.2) is 46.9 Å². The standard InChI is InChI=1S/C18H15BrClFN2O2/c19-13-3-1-11(2-4-13)9-22-18(25)12-7-17(24)23(10-12)14-5-6-16(21)15(20)8-14/h1-6,8,12H,7,9-10H2,(H,22,25). The first kappa shape index (κ1) is 17.9. The second kappa shape index (κ2) is 7.54. The zero-order valence-corrected chi connectivity index (χ0v) is 15.5. The summed E-state index contributed by atoms with van der Waals surface area (Å²) in [6.45, 7) is 0.659. The minimum atomic E-state index is -0.541. The van der Waals surface area contributed by atoms with E-state index in [9.17, 15) is 14.0 Å². The molecule has 1 atom stereocenters. The lowest BCUT2D eigenvalue weighted by atomic mass is 10.1. The molecule has 130 valence electrons. The number of hydrogen-bond donors (Lipinski definition) is 1. The first-order chi connectivity index (χ1) is 11.9. The van der Waals surface area contributed by atoms with Crippen LogP contribution in [0.2, 0.25) is 5.02 Å². The van der Waals surface area contributed by atoms with E-state index in [4.69, 9.17) is 11.6 Å². The third-order valence-electron chi connectivity index (χ3n) is 4.09. The van der Waals surface area contributed by atoms with E-state index in [1.54, 1.807) is 0 Å². The normalized spacial score (nSPS) is 17.0. The molecule has 1 unspecified atom stereocenters. The van der Waals surface area contributed by atoms with E-state index >= 15 is 0 Å². The van der Waals surface area contributed by atoms with Crippen molar-refractivity contribution in [2.24, 2.45) is 5.92 Å². The van der Waals surface area contributed by atoms with Crippen molar-refractivity contribution < 1.29 is 14.0 Å². The number of carbonyl (C=O) groups is 2. The van der Waals surface area contributed by atoms with Crippen LogP contribution in [0, 0.1) is 11.7 Å². The predicted octanol–water partition coefficient (Wildman–Crippen LogP) is 3.91. The fourth-order valence-electron chi connectivity index (χ4n) is 2.72. The number of amides is 2. The second-order valence-electron chi connectivity index (χ2n) is 5.85. The van der Waals surface area contributed by atoms with E-state index in [1.807, 2.05) is 24.3 Å². The Morgan fingerprint density at radius 3 is 2.68 bits per heavy atom. The SMILES string of the molecule is O=C(NCc1ccc(Br)cc1)C1CC(=O)N(c2ccc(F)c(Cl)c2)C1. The molecule has 2 amide bonds. The fourth-order valence-corrected chi connectivity index (χ4v) is 3.16. The molecule has 1 N–H and O–H groups in total. The van der Waals surface area contributed by atoms with Crippen LogP contribution in [0.4, 0.5) is 10.1 Å². The predicted molar refractivity (Wildman–Crippen MR) is 97.9 cm³/mol. The number of rotatable bonds is 4. The largest absolute Gasteiger partial charge is 0.352 e. The molecule has 1 heterocycles. The third kappa shape index (κ3) is 4.19. The van der Waals surface area contributed by atoms with Crippen molar-refractivity contribution in [2.75, 3.05) is 11.4 Å². The van der Waals surface area contributed by atoms with E-state index in [0.717, 1.165) is 10.0 Å². The molecule has 2 aromatic rings. The second-order valence-corrected chi connectivity index (χ2v) is 7.17. The average Bonchev–Trinajstić information content (AvgIpc) is 2.98. The maximum Gasteiger partial charge on any atom is 0.227 e. The Labute approximate surface area is 158 Å². The highest BCUT2D eigenvalue weighted by atomic mass is 79.9. The molecule has 4 nitrogen and oxygen atoms in total. The van der Waals surface area contributed by atoms with Crippen LogP contribution in [0.5, 0.6) is 0 Å². The summed E-state index contributed by atoms with van der Waals surface area (Å²) in [4.78, 5) is 26.0. The molecular formula is C18H15BrClFN2O2. The maximum absolute atomic E-state index is 13.3. The van der Waals surface area contributed by atoms with Gasteiger partial charge in [-0.2, -0.15) is 0 Å². The lowest BCUT2D eigenvalue weighted by Gasteiger charge is -2.17. The summed E-state index contributed by atoms with van der Waals surface area (Å²) in [5.41, 5.74) is 1.47. The van der Waals surface area contributed by atoms with Gasteiger partial charge in [-0.3, -0.25) is 9.59 Å². The Hall–Kier alpha value is -1.92. The van der Waals surface area contributed by atoms with Crippen molar-refractivity contribution in [3.8, 4) is 0 Å². The molecule has 3 rings (SSSR count). The summed E-state index contributed by atoms with van der Waals surface area (Å²) in [7, 11) is 0. The zero-order chi connectivity index (χ0) is 18.0. The van der Waals surface area contributed by atoms with Gasteiger partial charge in [0.15, 0.2) is 0 Å². The van der Waals surface area contributed by atoms with E-state index in [0.29, 0.717) is 12.2 Å². The first-order valence-corrected chi connectivity index (χ1v) is 8.88. The van der Waals surface area contributed by atoms with E-state index < -0.39 is 11.7 Å². The molecule has 1 saturated heterocycles. The van der Waals surface area contributed by atoms with Gasteiger partial charge >= 0.3 is 0 Å². The van der Waals surface area contributed by atoms with Gasteiger partial charge in [0, 0.05) is 29.7 Å². The molecule has 1 aliphatic rings. The van der Waals surface area contributed by atoms with Gasteiger partial charge in [0.25, 0.3) is 0 Å². The maximum atomic E-state index is 13.3. The Morgan fingerprint density at radius 1 is 1.28 bits per heavy atom. The van der Waals surface area contributed by atoms with Gasteiger partial charge in [-0.25, -0.2) is 4.39 Å². The summed E-state index contributed by atoms with van der Waals surface area (Å²) in [6, 6.07) is 11.7. The number of anilines is 1. The number of benzene rings is 2. The van der Waals surface area contributed by atoms with Gasteiger partial charge in [-0.05, 0) is 35.9 Å². The molecule has 1 fully saturated rings. The number of nitrogens with zero attached hydrogens (tertiary/aromatic N) is 1. The van der Waals surface area contributed by atoms with Crippen molar-refractivity contribution in [1.82, 2.24) is 5.32 Å². The average molecular weight is 426 g/mol. The van der Waals surface area contributed by atoms with Crippen LogP contribution in [-0.2, 0) is 16.1 Å². The molecule has 2 aromatic carbocycles. The molecular weight excluding hydrogens is 411 g/mol. The number of nitrogens with one attached hydrogen (secondary N) is 1.